The Hall–Kier alpha value is -1.95. The second kappa shape index (κ2) is 5.36. The highest BCUT2D eigenvalue weighted by atomic mass is 32.1. The van der Waals surface area contributed by atoms with Crippen molar-refractivity contribution in [1.82, 2.24) is 14.3 Å². The van der Waals surface area contributed by atoms with Crippen molar-refractivity contribution in [1.29, 1.82) is 0 Å². The molecule has 0 fully saturated rings. The third-order valence-electron chi connectivity index (χ3n) is 2.70. The van der Waals surface area contributed by atoms with Gasteiger partial charge in [-0.3, -0.25) is 14.0 Å². The molecule has 0 atom stereocenters. The number of amides is 1. The largest absolute Gasteiger partial charge is 0.335 e. The second-order valence-electron chi connectivity index (χ2n) is 4.31. The van der Waals surface area contributed by atoms with Crippen LogP contribution in [0.15, 0.2) is 34.7 Å². The van der Waals surface area contributed by atoms with Gasteiger partial charge in [0.05, 0.1) is 0 Å². The van der Waals surface area contributed by atoms with Gasteiger partial charge < -0.3 is 4.90 Å². The van der Waals surface area contributed by atoms with Gasteiger partial charge in [-0.25, -0.2) is 4.98 Å². The Morgan fingerprint density at radius 1 is 1.58 bits per heavy atom. The standard InChI is InChI=1S/C13H15N3O2S/c1-4-15(8-9(2)3)11(17)10-7-14-13-16(12(10)18)5-6-19-13/h5-7H,2,4,8H2,1,3H3. The van der Waals surface area contributed by atoms with Crippen molar-refractivity contribution in [3.63, 3.8) is 0 Å². The molecule has 0 saturated heterocycles. The summed E-state index contributed by atoms with van der Waals surface area (Å²) in [5.41, 5.74) is 0.648. The van der Waals surface area contributed by atoms with Gasteiger partial charge in [0.2, 0.25) is 0 Å². The van der Waals surface area contributed by atoms with Crippen LogP contribution in [0.4, 0.5) is 0 Å². The fraction of sp³-hybridized carbons (Fsp3) is 0.308. The number of rotatable bonds is 4. The minimum atomic E-state index is -0.323. The molecule has 19 heavy (non-hydrogen) atoms. The van der Waals surface area contributed by atoms with Crippen LogP contribution in [-0.2, 0) is 0 Å². The molecule has 0 N–H and O–H groups in total. The van der Waals surface area contributed by atoms with E-state index in [1.165, 1.54) is 21.9 Å². The molecule has 0 radical (unpaired) electrons. The lowest BCUT2D eigenvalue weighted by molar-refractivity contribution is 0.0776. The summed E-state index contributed by atoms with van der Waals surface area (Å²) in [5.74, 6) is -0.302. The molecular weight excluding hydrogens is 262 g/mol. The molecule has 0 aliphatic rings. The maximum Gasteiger partial charge on any atom is 0.271 e. The minimum Gasteiger partial charge on any atom is -0.335 e. The predicted molar refractivity (Wildman–Crippen MR) is 75.7 cm³/mol. The number of aromatic nitrogens is 2. The summed E-state index contributed by atoms with van der Waals surface area (Å²) in [7, 11) is 0. The maximum atomic E-state index is 12.3. The van der Waals surface area contributed by atoms with E-state index in [0.717, 1.165) is 5.57 Å². The van der Waals surface area contributed by atoms with Crippen molar-refractivity contribution in [2.24, 2.45) is 0 Å². The molecule has 0 aliphatic heterocycles. The molecule has 100 valence electrons. The monoisotopic (exact) mass is 277 g/mol. The van der Waals surface area contributed by atoms with E-state index >= 15 is 0 Å². The first kappa shape index (κ1) is 13.5. The van der Waals surface area contributed by atoms with Crippen molar-refractivity contribution >= 4 is 22.2 Å². The predicted octanol–water partition coefficient (Wildman–Crippen LogP) is 1.79. The zero-order valence-electron chi connectivity index (χ0n) is 10.9. The van der Waals surface area contributed by atoms with Crippen LogP contribution in [0.5, 0.6) is 0 Å². The lowest BCUT2D eigenvalue weighted by Crippen LogP contribution is -2.36. The zero-order chi connectivity index (χ0) is 14.0. The first-order valence-electron chi connectivity index (χ1n) is 5.93. The lowest BCUT2D eigenvalue weighted by Gasteiger charge is -2.20. The minimum absolute atomic E-state index is 0.0963. The number of likely N-dealkylation sites (N-methyl/N-ethyl adjacent to an activating group) is 1. The van der Waals surface area contributed by atoms with Gasteiger partial charge in [-0.15, -0.1) is 11.3 Å². The van der Waals surface area contributed by atoms with Crippen molar-refractivity contribution in [3.8, 4) is 0 Å². The van der Waals surface area contributed by atoms with E-state index in [9.17, 15) is 9.59 Å². The number of thiazole rings is 1. The quantitative estimate of drug-likeness (QED) is 0.801. The van der Waals surface area contributed by atoms with Crippen LogP contribution in [0.1, 0.15) is 24.2 Å². The van der Waals surface area contributed by atoms with Crippen molar-refractivity contribution < 1.29 is 4.79 Å². The van der Waals surface area contributed by atoms with Gasteiger partial charge in [0.15, 0.2) is 4.96 Å². The number of hydrogen-bond acceptors (Lipinski definition) is 4. The van der Waals surface area contributed by atoms with Gasteiger partial charge in [-0.05, 0) is 13.8 Å². The van der Waals surface area contributed by atoms with E-state index in [1.807, 2.05) is 13.8 Å². The highest BCUT2D eigenvalue weighted by Gasteiger charge is 2.19. The van der Waals surface area contributed by atoms with Crippen LogP contribution < -0.4 is 5.56 Å². The van der Waals surface area contributed by atoms with E-state index in [1.54, 1.807) is 16.5 Å². The molecule has 2 aromatic rings. The number of nitrogens with zero attached hydrogens (tertiary/aromatic N) is 3. The third kappa shape index (κ3) is 2.58. The highest BCUT2D eigenvalue weighted by molar-refractivity contribution is 7.15. The summed E-state index contributed by atoms with van der Waals surface area (Å²) < 4.78 is 1.40. The summed E-state index contributed by atoms with van der Waals surface area (Å²) in [6.07, 6.45) is 2.98. The third-order valence-corrected chi connectivity index (χ3v) is 3.47. The SMILES string of the molecule is C=C(C)CN(CC)C(=O)c1cnc2sccn2c1=O. The van der Waals surface area contributed by atoms with Crippen LogP contribution in [0.2, 0.25) is 0 Å². The van der Waals surface area contributed by atoms with Crippen LogP contribution in [0.25, 0.3) is 4.96 Å². The van der Waals surface area contributed by atoms with Crippen LogP contribution in [0, 0.1) is 0 Å². The van der Waals surface area contributed by atoms with Gasteiger partial charge in [-0.1, -0.05) is 12.2 Å². The smallest absolute Gasteiger partial charge is 0.271 e. The van der Waals surface area contributed by atoms with E-state index in [-0.39, 0.29) is 17.0 Å². The molecule has 2 aromatic heterocycles. The molecule has 0 saturated carbocycles. The zero-order valence-corrected chi connectivity index (χ0v) is 11.7. The molecule has 0 aromatic carbocycles. The van der Waals surface area contributed by atoms with E-state index in [4.69, 9.17) is 0 Å². The highest BCUT2D eigenvalue weighted by Crippen LogP contribution is 2.08. The Morgan fingerprint density at radius 2 is 2.32 bits per heavy atom. The Balaban J connectivity index is 2.43. The van der Waals surface area contributed by atoms with E-state index < -0.39 is 0 Å². The molecule has 2 rings (SSSR count). The summed E-state index contributed by atoms with van der Waals surface area (Å²) in [5, 5.41) is 1.77. The lowest BCUT2D eigenvalue weighted by atomic mass is 10.2. The van der Waals surface area contributed by atoms with Crippen molar-refractivity contribution in [2.45, 2.75) is 13.8 Å². The number of hydrogen-bond donors (Lipinski definition) is 0. The Bertz CT molecular complexity index is 686. The molecule has 0 bridgehead atoms. The molecule has 6 heteroatoms. The average molecular weight is 277 g/mol. The van der Waals surface area contributed by atoms with Gasteiger partial charge in [0, 0.05) is 30.9 Å². The van der Waals surface area contributed by atoms with Crippen LogP contribution >= 0.6 is 11.3 Å². The van der Waals surface area contributed by atoms with Gasteiger partial charge in [0.25, 0.3) is 11.5 Å². The Labute approximate surface area is 114 Å². The Morgan fingerprint density at radius 3 is 2.95 bits per heavy atom. The second-order valence-corrected chi connectivity index (χ2v) is 5.18. The van der Waals surface area contributed by atoms with Gasteiger partial charge in [0.1, 0.15) is 5.56 Å². The van der Waals surface area contributed by atoms with Gasteiger partial charge in [-0.2, -0.15) is 0 Å². The Kier molecular flexibility index (Phi) is 3.80. The summed E-state index contributed by atoms with van der Waals surface area (Å²) >= 11 is 1.36. The van der Waals surface area contributed by atoms with E-state index in [0.29, 0.717) is 18.1 Å². The van der Waals surface area contributed by atoms with Crippen molar-refractivity contribution in [2.75, 3.05) is 13.1 Å². The van der Waals surface area contributed by atoms with Crippen LogP contribution in [0.3, 0.4) is 0 Å². The number of fused-ring (bicyclic) bond motifs is 1. The topological polar surface area (TPSA) is 54.7 Å². The number of carbonyl (C=O) groups excluding carboxylic acids is 1. The molecule has 2 heterocycles. The maximum absolute atomic E-state index is 12.3. The van der Waals surface area contributed by atoms with Crippen LogP contribution in [-0.4, -0.2) is 33.3 Å². The fourth-order valence-corrected chi connectivity index (χ4v) is 2.47. The first-order chi connectivity index (χ1) is 9.04. The molecule has 1 amide bonds. The summed E-state index contributed by atoms with van der Waals surface area (Å²) in [6, 6.07) is 0. The molecular formula is C13H15N3O2S. The fourth-order valence-electron chi connectivity index (χ4n) is 1.79. The number of carbonyl (C=O) groups is 1. The molecule has 0 aliphatic carbocycles. The molecule has 0 spiro atoms. The van der Waals surface area contributed by atoms with Crippen molar-refractivity contribution in [3.05, 3.63) is 45.8 Å². The molecule has 5 nitrogen and oxygen atoms in total. The summed E-state index contributed by atoms with van der Waals surface area (Å²) in [4.78, 5) is 30.8. The van der Waals surface area contributed by atoms with Gasteiger partial charge >= 0.3 is 0 Å². The normalized spacial score (nSPS) is 10.6. The van der Waals surface area contributed by atoms with E-state index in [2.05, 4.69) is 11.6 Å². The summed E-state index contributed by atoms with van der Waals surface area (Å²) in [6.45, 7) is 8.48. The first-order valence-corrected chi connectivity index (χ1v) is 6.81. The molecule has 0 unspecified atom stereocenters. The average Bonchev–Trinajstić information content (AvgIpc) is 2.84.